The van der Waals surface area contributed by atoms with E-state index in [1.54, 1.807) is 7.11 Å². The molecule has 0 amide bonds. The van der Waals surface area contributed by atoms with E-state index in [0.29, 0.717) is 12.6 Å². The molecule has 0 fully saturated rings. The van der Waals surface area contributed by atoms with Crippen LogP contribution >= 0.6 is 0 Å². The lowest BCUT2D eigenvalue weighted by molar-refractivity contribution is 0.200. The topological polar surface area (TPSA) is 38.3 Å². The van der Waals surface area contributed by atoms with E-state index in [0.717, 1.165) is 38.0 Å². The van der Waals surface area contributed by atoms with Crippen molar-refractivity contribution in [2.75, 3.05) is 26.0 Å². The third kappa shape index (κ3) is 7.17. The molecule has 104 valence electrons. The Labute approximate surface area is 109 Å². The first-order chi connectivity index (χ1) is 8.21. The van der Waals surface area contributed by atoms with Gasteiger partial charge in [-0.05, 0) is 25.8 Å². The van der Waals surface area contributed by atoms with Crippen LogP contribution in [0.3, 0.4) is 0 Å². The predicted octanol–water partition coefficient (Wildman–Crippen LogP) is 2.33. The van der Waals surface area contributed by atoms with E-state index in [1.807, 2.05) is 0 Å². The second kappa shape index (κ2) is 11.2. The molecule has 0 aliphatic rings. The molecule has 0 aliphatic heterocycles. The number of nitrogens with one attached hydrogen (secondary N) is 1. The summed E-state index contributed by atoms with van der Waals surface area (Å²) in [5, 5.41) is 3.77. The highest BCUT2D eigenvalue weighted by Crippen LogP contribution is 2.13. The van der Waals surface area contributed by atoms with Gasteiger partial charge in [-0.3, -0.25) is 4.21 Å². The number of rotatable bonds is 11. The number of hydrogen-bond acceptors (Lipinski definition) is 3. The van der Waals surface area contributed by atoms with E-state index in [-0.39, 0.29) is 5.25 Å². The SMILES string of the molecule is CCCC(NCC)C(CC)S(=O)CCCOC. The van der Waals surface area contributed by atoms with Gasteiger partial charge >= 0.3 is 0 Å². The van der Waals surface area contributed by atoms with Gasteiger partial charge in [0.2, 0.25) is 0 Å². The second-order valence-electron chi connectivity index (χ2n) is 4.33. The second-order valence-corrected chi connectivity index (χ2v) is 6.11. The van der Waals surface area contributed by atoms with Gasteiger partial charge in [0.05, 0.1) is 0 Å². The first-order valence-corrected chi connectivity index (χ1v) is 8.18. The minimum Gasteiger partial charge on any atom is -0.385 e. The molecule has 17 heavy (non-hydrogen) atoms. The molecule has 0 saturated carbocycles. The molecule has 4 heteroatoms. The van der Waals surface area contributed by atoms with E-state index in [9.17, 15) is 4.21 Å². The van der Waals surface area contributed by atoms with Crippen LogP contribution in [0.2, 0.25) is 0 Å². The monoisotopic (exact) mass is 263 g/mol. The zero-order valence-electron chi connectivity index (χ0n) is 11.8. The largest absolute Gasteiger partial charge is 0.385 e. The molecule has 0 aromatic carbocycles. The molecule has 0 bridgehead atoms. The van der Waals surface area contributed by atoms with E-state index >= 15 is 0 Å². The van der Waals surface area contributed by atoms with Crippen molar-refractivity contribution in [2.45, 2.75) is 57.7 Å². The standard InChI is InChI=1S/C13H29NO2S/c1-5-9-12(14-7-3)13(6-2)17(15)11-8-10-16-4/h12-14H,5-11H2,1-4H3. The molecule has 1 N–H and O–H groups in total. The summed E-state index contributed by atoms with van der Waals surface area (Å²) in [6, 6.07) is 0.401. The first-order valence-electron chi connectivity index (χ1n) is 6.80. The van der Waals surface area contributed by atoms with Crippen LogP contribution in [0.1, 0.15) is 46.5 Å². The highest BCUT2D eigenvalue weighted by molar-refractivity contribution is 7.85. The van der Waals surface area contributed by atoms with Crippen LogP contribution in [0.25, 0.3) is 0 Å². The van der Waals surface area contributed by atoms with E-state index in [4.69, 9.17) is 4.74 Å². The van der Waals surface area contributed by atoms with Gasteiger partial charge in [0, 0.05) is 41.6 Å². The summed E-state index contributed by atoms with van der Waals surface area (Å²) in [5.74, 6) is 0.762. The Morgan fingerprint density at radius 2 is 2.00 bits per heavy atom. The Kier molecular flexibility index (Phi) is 11.2. The zero-order valence-corrected chi connectivity index (χ0v) is 12.6. The Balaban J connectivity index is 4.27. The zero-order chi connectivity index (χ0) is 13.1. The van der Waals surface area contributed by atoms with E-state index < -0.39 is 10.8 Å². The van der Waals surface area contributed by atoms with E-state index in [2.05, 4.69) is 26.1 Å². The van der Waals surface area contributed by atoms with Crippen LogP contribution in [0.15, 0.2) is 0 Å². The quantitative estimate of drug-likeness (QED) is 0.581. The number of methoxy groups -OCH3 is 1. The van der Waals surface area contributed by atoms with Gasteiger partial charge in [0.15, 0.2) is 0 Å². The van der Waals surface area contributed by atoms with Crippen LogP contribution in [0.5, 0.6) is 0 Å². The van der Waals surface area contributed by atoms with Crippen molar-refractivity contribution in [3.63, 3.8) is 0 Å². The molecule has 3 unspecified atom stereocenters. The summed E-state index contributed by atoms with van der Waals surface area (Å²) in [7, 11) is 0.958. The van der Waals surface area contributed by atoms with Gasteiger partial charge in [-0.15, -0.1) is 0 Å². The Morgan fingerprint density at radius 1 is 1.29 bits per heavy atom. The maximum absolute atomic E-state index is 12.3. The van der Waals surface area contributed by atoms with Gasteiger partial charge in [-0.25, -0.2) is 0 Å². The van der Waals surface area contributed by atoms with Gasteiger partial charge in [-0.2, -0.15) is 0 Å². The van der Waals surface area contributed by atoms with Crippen LogP contribution in [0.4, 0.5) is 0 Å². The molecule has 0 spiro atoms. The Bertz CT molecular complexity index is 194. The molecule has 0 rings (SSSR count). The molecule has 3 atom stereocenters. The minimum absolute atomic E-state index is 0.284. The fraction of sp³-hybridized carbons (Fsp3) is 1.00. The average Bonchev–Trinajstić information content (AvgIpc) is 2.31. The smallest absolute Gasteiger partial charge is 0.0498 e. The van der Waals surface area contributed by atoms with Gasteiger partial charge in [-0.1, -0.05) is 27.2 Å². The van der Waals surface area contributed by atoms with Crippen molar-refractivity contribution in [3.05, 3.63) is 0 Å². The van der Waals surface area contributed by atoms with Crippen molar-refractivity contribution in [1.29, 1.82) is 0 Å². The summed E-state index contributed by atoms with van der Waals surface area (Å²) in [6.07, 6.45) is 4.13. The minimum atomic E-state index is -0.735. The number of hydrogen-bond donors (Lipinski definition) is 1. The fourth-order valence-corrected chi connectivity index (χ4v) is 3.82. The van der Waals surface area contributed by atoms with Crippen molar-refractivity contribution in [1.82, 2.24) is 5.32 Å². The molecule has 0 radical (unpaired) electrons. The Morgan fingerprint density at radius 3 is 2.47 bits per heavy atom. The molecule has 0 heterocycles. The first kappa shape index (κ1) is 17.1. The van der Waals surface area contributed by atoms with Crippen LogP contribution in [-0.4, -0.2) is 41.5 Å². The third-order valence-electron chi connectivity index (χ3n) is 2.95. The molecule has 0 saturated heterocycles. The van der Waals surface area contributed by atoms with Gasteiger partial charge in [0.1, 0.15) is 0 Å². The maximum atomic E-state index is 12.3. The van der Waals surface area contributed by atoms with Gasteiger partial charge in [0.25, 0.3) is 0 Å². The highest BCUT2D eigenvalue weighted by Gasteiger charge is 2.23. The summed E-state index contributed by atoms with van der Waals surface area (Å²) in [4.78, 5) is 0. The molecule has 0 aliphatic carbocycles. The van der Waals surface area contributed by atoms with Crippen LogP contribution < -0.4 is 5.32 Å². The maximum Gasteiger partial charge on any atom is 0.0498 e. The molecular weight excluding hydrogens is 234 g/mol. The summed E-state index contributed by atoms with van der Waals surface area (Å²) >= 11 is 0. The van der Waals surface area contributed by atoms with E-state index in [1.165, 1.54) is 0 Å². The molecule has 0 aromatic heterocycles. The lowest BCUT2D eigenvalue weighted by Crippen LogP contribution is -2.42. The average molecular weight is 263 g/mol. The fourth-order valence-electron chi connectivity index (χ4n) is 2.14. The van der Waals surface area contributed by atoms with Crippen LogP contribution in [0, 0.1) is 0 Å². The molecule has 0 aromatic rings. The molecule has 3 nitrogen and oxygen atoms in total. The number of ether oxygens (including phenoxy) is 1. The molecular formula is C13H29NO2S. The van der Waals surface area contributed by atoms with Crippen molar-refractivity contribution in [2.24, 2.45) is 0 Å². The third-order valence-corrected chi connectivity index (χ3v) is 4.98. The normalized spacial score (nSPS) is 16.7. The van der Waals surface area contributed by atoms with Crippen molar-refractivity contribution < 1.29 is 8.95 Å². The predicted molar refractivity (Wildman–Crippen MR) is 76.0 cm³/mol. The summed E-state index contributed by atoms with van der Waals surface area (Å²) in [6.45, 7) is 8.10. The lowest BCUT2D eigenvalue weighted by Gasteiger charge is -2.26. The van der Waals surface area contributed by atoms with Gasteiger partial charge < -0.3 is 10.1 Å². The highest BCUT2D eigenvalue weighted by atomic mass is 32.2. The lowest BCUT2D eigenvalue weighted by atomic mass is 10.1. The Hall–Kier alpha value is 0.0700. The van der Waals surface area contributed by atoms with Crippen LogP contribution in [-0.2, 0) is 15.5 Å². The summed E-state index contributed by atoms with van der Waals surface area (Å²) < 4.78 is 17.3. The van der Waals surface area contributed by atoms with Crippen molar-refractivity contribution >= 4 is 10.8 Å². The van der Waals surface area contributed by atoms with Crippen molar-refractivity contribution in [3.8, 4) is 0 Å². The summed E-state index contributed by atoms with van der Waals surface area (Å²) in [5.41, 5.74) is 0.